The lowest BCUT2D eigenvalue weighted by Gasteiger charge is -2.23. The number of benzene rings is 1. The second kappa shape index (κ2) is 16.3. The molecule has 1 aliphatic rings. The maximum absolute atomic E-state index is 11.3. The van der Waals surface area contributed by atoms with Crippen LogP contribution in [0.15, 0.2) is 30.3 Å². The van der Waals surface area contributed by atoms with Gasteiger partial charge in [0, 0.05) is 25.1 Å². The molecule has 1 saturated carbocycles. The van der Waals surface area contributed by atoms with Crippen LogP contribution in [0.2, 0.25) is 0 Å². The molecule has 0 radical (unpaired) electrons. The van der Waals surface area contributed by atoms with Gasteiger partial charge >= 0.3 is 0 Å². The molecule has 0 spiro atoms. The molecule has 5 nitrogen and oxygen atoms in total. The number of unbranched alkanes of at least 4 members (excludes halogenated alkanes) is 3. The van der Waals surface area contributed by atoms with Gasteiger partial charge in [-0.2, -0.15) is 0 Å². The van der Waals surface area contributed by atoms with E-state index < -0.39 is 0 Å². The first-order chi connectivity index (χ1) is 14.6. The minimum atomic E-state index is -0.352. The average Bonchev–Trinajstić information content (AvgIpc) is 3.14. The standard InChI is InChI=1S/C24H39NO3.CH5N/c1-2-21(26)12-8-3-4-9-13-23-19(15-17-24(23)28)14-16-22(27)18-25-20-10-6-5-7-11-20;1-2/h5-7,10-11,19,22-25,27-28H,2-4,8-9,12-18H2,1H3;2H2,1H3/t19?,22?,23-,24+;/m1./s1. The predicted octanol–water partition coefficient (Wildman–Crippen LogP) is 4.52. The number of para-hydroxylation sites is 1. The monoisotopic (exact) mass is 420 g/mol. The van der Waals surface area contributed by atoms with Crippen molar-refractivity contribution in [2.24, 2.45) is 17.6 Å². The second-order valence-electron chi connectivity index (χ2n) is 8.39. The molecule has 5 N–H and O–H groups in total. The fourth-order valence-electron chi connectivity index (χ4n) is 4.45. The van der Waals surface area contributed by atoms with Gasteiger partial charge in [-0.1, -0.05) is 44.4 Å². The third kappa shape index (κ3) is 10.6. The van der Waals surface area contributed by atoms with Gasteiger partial charge in [-0.25, -0.2) is 0 Å². The van der Waals surface area contributed by atoms with Crippen LogP contribution in [-0.2, 0) is 4.79 Å². The van der Waals surface area contributed by atoms with Crippen molar-refractivity contribution in [3.8, 4) is 0 Å². The summed E-state index contributed by atoms with van der Waals surface area (Å²) in [4.78, 5) is 11.3. The van der Waals surface area contributed by atoms with Crippen molar-refractivity contribution < 1.29 is 15.0 Å². The SMILES string of the molecule is CCC(=O)CCCCCC[C@@H]1C(CCC(O)CNc2ccccc2)CC[C@@H]1O.CN. The highest BCUT2D eigenvalue weighted by molar-refractivity contribution is 5.77. The fourth-order valence-corrected chi connectivity index (χ4v) is 4.45. The van der Waals surface area contributed by atoms with E-state index in [2.05, 4.69) is 11.1 Å². The zero-order valence-corrected chi connectivity index (χ0v) is 19.1. The Morgan fingerprint density at radius 3 is 2.50 bits per heavy atom. The minimum Gasteiger partial charge on any atom is -0.393 e. The number of aliphatic hydroxyl groups is 2. The van der Waals surface area contributed by atoms with Gasteiger partial charge in [0.15, 0.2) is 0 Å². The lowest BCUT2D eigenvalue weighted by atomic mass is 9.85. The molecular formula is C25H44N2O3. The van der Waals surface area contributed by atoms with Crippen molar-refractivity contribution in [3.05, 3.63) is 30.3 Å². The third-order valence-electron chi connectivity index (χ3n) is 6.26. The van der Waals surface area contributed by atoms with Crippen LogP contribution in [0.25, 0.3) is 0 Å². The molecule has 0 aliphatic heterocycles. The highest BCUT2D eigenvalue weighted by Crippen LogP contribution is 2.38. The highest BCUT2D eigenvalue weighted by atomic mass is 16.3. The number of aliphatic hydroxyl groups excluding tert-OH is 2. The van der Waals surface area contributed by atoms with Crippen molar-refractivity contribution in [3.63, 3.8) is 0 Å². The maximum Gasteiger partial charge on any atom is 0.132 e. The third-order valence-corrected chi connectivity index (χ3v) is 6.26. The number of ketones is 1. The number of nitrogens with one attached hydrogen (secondary N) is 1. The number of hydrogen-bond acceptors (Lipinski definition) is 5. The fraction of sp³-hybridized carbons (Fsp3) is 0.720. The Labute approximate surface area is 183 Å². The van der Waals surface area contributed by atoms with Crippen molar-refractivity contribution in [1.82, 2.24) is 0 Å². The highest BCUT2D eigenvalue weighted by Gasteiger charge is 2.34. The average molecular weight is 421 g/mol. The summed E-state index contributed by atoms with van der Waals surface area (Å²) in [6.45, 7) is 2.50. The van der Waals surface area contributed by atoms with E-state index in [-0.39, 0.29) is 12.2 Å². The molecule has 30 heavy (non-hydrogen) atoms. The summed E-state index contributed by atoms with van der Waals surface area (Å²) in [5.41, 5.74) is 5.54. The maximum atomic E-state index is 11.3. The molecule has 0 amide bonds. The van der Waals surface area contributed by atoms with E-state index in [1.165, 1.54) is 7.05 Å². The topological polar surface area (TPSA) is 95.6 Å². The van der Waals surface area contributed by atoms with Crippen LogP contribution in [0.3, 0.4) is 0 Å². The molecule has 0 heterocycles. The molecule has 2 unspecified atom stereocenters. The Balaban J connectivity index is 0.00000218. The molecule has 5 heteroatoms. The molecule has 172 valence electrons. The van der Waals surface area contributed by atoms with Gasteiger partial charge < -0.3 is 21.3 Å². The van der Waals surface area contributed by atoms with Crippen molar-refractivity contribution in [1.29, 1.82) is 0 Å². The molecule has 1 aromatic carbocycles. The second-order valence-corrected chi connectivity index (χ2v) is 8.39. The molecule has 0 aromatic heterocycles. The summed E-state index contributed by atoms with van der Waals surface area (Å²) in [6.07, 6.45) is 10.1. The van der Waals surface area contributed by atoms with Gasteiger partial charge in [-0.15, -0.1) is 0 Å². The Morgan fingerprint density at radius 2 is 1.80 bits per heavy atom. The summed E-state index contributed by atoms with van der Waals surface area (Å²) in [7, 11) is 1.50. The lowest BCUT2D eigenvalue weighted by Crippen LogP contribution is -2.23. The smallest absolute Gasteiger partial charge is 0.132 e. The van der Waals surface area contributed by atoms with Crippen LogP contribution in [0.1, 0.15) is 77.6 Å². The first-order valence-corrected chi connectivity index (χ1v) is 11.8. The van der Waals surface area contributed by atoms with E-state index in [0.29, 0.717) is 30.6 Å². The minimum absolute atomic E-state index is 0.175. The molecule has 2 rings (SSSR count). The number of anilines is 1. The number of rotatable bonds is 14. The number of hydrogen-bond donors (Lipinski definition) is 4. The molecular weight excluding hydrogens is 376 g/mol. The molecule has 1 aromatic rings. The summed E-state index contributed by atoms with van der Waals surface area (Å²) < 4.78 is 0. The van der Waals surface area contributed by atoms with Crippen LogP contribution >= 0.6 is 0 Å². The lowest BCUT2D eigenvalue weighted by molar-refractivity contribution is -0.118. The number of carbonyl (C=O) groups excluding carboxylic acids is 1. The van der Waals surface area contributed by atoms with Crippen LogP contribution in [0.5, 0.6) is 0 Å². The van der Waals surface area contributed by atoms with Crippen LogP contribution in [0, 0.1) is 11.8 Å². The van der Waals surface area contributed by atoms with Crippen molar-refractivity contribution in [2.45, 2.75) is 89.8 Å². The van der Waals surface area contributed by atoms with Gasteiger partial charge in [-0.05, 0) is 69.5 Å². The van der Waals surface area contributed by atoms with Crippen molar-refractivity contribution >= 4 is 11.5 Å². The van der Waals surface area contributed by atoms with Crippen LogP contribution in [-0.4, -0.2) is 41.8 Å². The van der Waals surface area contributed by atoms with E-state index >= 15 is 0 Å². The number of Topliss-reactive ketones (excluding diaryl/α,β-unsaturated/α-hetero) is 1. The quantitative estimate of drug-likeness (QED) is 0.332. The first-order valence-electron chi connectivity index (χ1n) is 11.8. The Hall–Kier alpha value is -1.43. The van der Waals surface area contributed by atoms with E-state index in [9.17, 15) is 15.0 Å². The number of carbonyl (C=O) groups is 1. The molecule has 1 aliphatic carbocycles. The summed E-state index contributed by atoms with van der Waals surface area (Å²) in [5, 5.41) is 24.0. The Kier molecular flexibility index (Phi) is 14.4. The van der Waals surface area contributed by atoms with Gasteiger partial charge in [0.05, 0.1) is 12.2 Å². The van der Waals surface area contributed by atoms with E-state index in [0.717, 1.165) is 69.9 Å². The summed E-state index contributed by atoms with van der Waals surface area (Å²) in [5.74, 6) is 1.28. The van der Waals surface area contributed by atoms with E-state index in [1.807, 2.05) is 37.3 Å². The molecule has 1 fully saturated rings. The Morgan fingerprint density at radius 1 is 1.10 bits per heavy atom. The van der Waals surface area contributed by atoms with Gasteiger partial charge in [0.1, 0.15) is 5.78 Å². The predicted molar refractivity (Wildman–Crippen MR) is 126 cm³/mol. The largest absolute Gasteiger partial charge is 0.393 e. The van der Waals surface area contributed by atoms with Gasteiger partial charge in [0.2, 0.25) is 0 Å². The molecule has 0 saturated heterocycles. The number of nitrogens with two attached hydrogens (primary N) is 1. The van der Waals surface area contributed by atoms with Crippen molar-refractivity contribution in [2.75, 3.05) is 18.9 Å². The molecule has 4 atom stereocenters. The zero-order valence-electron chi connectivity index (χ0n) is 19.1. The van der Waals surface area contributed by atoms with Crippen LogP contribution in [0.4, 0.5) is 5.69 Å². The first kappa shape index (κ1) is 26.6. The van der Waals surface area contributed by atoms with Gasteiger partial charge in [-0.3, -0.25) is 4.79 Å². The Bertz CT molecular complexity index is 553. The van der Waals surface area contributed by atoms with E-state index in [1.54, 1.807) is 0 Å². The van der Waals surface area contributed by atoms with E-state index in [4.69, 9.17) is 0 Å². The normalized spacial score (nSPS) is 21.6. The zero-order chi connectivity index (χ0) is 22.2. The van der Waals surface area contributed by atoms with Gasteiger partial charge in [0.25, 0.3) is 0 Å². The molecule has 0 bridgehead atoms. The summed E-state index contributed by atoms with van der Waals surface area (Å²) in [6, 6.07) is 9.97. The van der Waals surface area contributed by atoms with Crippen LogP contribution < -0.4 is 11.1 Å². The summed E-state index contributed by atoms with van der Waals surface area (Å²) >= 11 is 0.